The lowest BCUT2D eigenvalue weighted by atomic mass is 10.1. The number of nitrogens with zero attached hydrogens (tertiary/aromatic N) is 4. The van der Waals surface area contributed by atoms with Gasteiger partial charge in [0.1, 0.15) is 0 Å². The quantitative estimate of drug-likeness (QED) is 0.168. The molecule has 0 atom stereocenters. The third-order valence-electron chi connectivity index (χ3n) is 8.78. The molecule has 4 heterocycles. The van der Waals surface area contributed by atoms with Crippen LogP contribution < -0.4 is 0 Å². The summed E-state index contributed by atoms with van der Waals surface area (Å²) < 4.78 is 0. The van der Waals surface area contributed by atoms with E-state index in [4.69, 9.17) is 0 Å². The number of hydrogen-bond donors (Lipinski definition) is 0. The maximum absolute atomic E-state index is 4.40. The van der Waals surface area contributed by atoms with E-state index in [1.54, 1.807) is 0 Å². The fourth-order valence-electron chi connectivity index (χ4n) is 5.91. The van der Waals surface area contributed by atoms with Crippen LogP contribution in [0.5, 0.6) is 0 Å². The topological polar surface area (TPSA) is 51.6 Å². The average Bonchev–Trinajstić information content (AvgIpc) is 3.10. The first kappa shape index (κ1) is 33.9. The Kier molecular flexibility index (Phi) is 10.9. The van der Waals surface area contributed by atoms with Gasteiger partial charge in [-0.2, -0.15) is 0 Å². The Labute approximate surface area is 284 Å². The van der Waals surface area contributed by atoms with Crippen molar-refractivity contribution in [3.05, 3.63) is 167 Å². The number of hydrogen-bond acceptors (Lipinski definition) is 4. The average molecular weight is 629 g/mol. The van der Waals surface area contributed by atoms with Crippen LogP contribution in [-0.4, -0.2) is 19.9 Å². The van der Waals surface area contributed by atoms with Crippen LogP contribution in [0.25, 0.3) is 43.1 Å². The summed E-state index contributed by atoms with van der Waals surface area (Å²) in [7, 11) is 0. The molecule has 4 heteroatoms. The van der Waals surface area contributed by atoms with Crippen LogP contribution in [0.4, 0.5) is 0 Å². The van der Waals surface area contributed by atoms with Crippen molar-refractivity contribution in [2.24, 2.45) is 0 Å². The van der Waals surface area contributed by atoms with Crippen LogP contribution in [-0.2, 0) is 0 Å². The van der Waals surface area contributed by atoms with E-state index in [-0.39, 0.29) is 0 Å². The molecule has 0 aliphatic heterocycles. The van der Waals surface area contributed by atoms with Gasteiger partial charge in [-0.05, 0) is 105 Å². The molecule has 0 spiro atoms. The molecule has 0 saturated heterocycles. The summed E-state index contributed by atoms with van der Waals surface area (Å²) in [5.74, 6) is 0. The summed E-state index contributed by atoms with van der Waals surface area (Å²) in [5.41, 5.74) is 9.51. The second-order valence-electron chi connectivity index (χ2n) is 12.3. The lowest BCUT2D eigenvalue weighted by molar-refractivity contribution is 1.15. The SMILES string of the molecule is Cc1cc2ccccc2c(C)n1.Cc1cnc(C)c2ccccc12.Cc1cncc2c(C)cccc12.Cc1ncc2ccccc2c1C. The van der Waals surface area contributed by atoms with Crippen LogP contribution >= 0.6 is 0 Å². The van der Waals surface area contributed by atoms with Crippen molar-refractivity contribution in [2.45, 2.75) is 55.4 Å². The van der Waals surface area contributed by atoms with Crippen LogP contribution in [0.15, 0.2) is 122 Å². The predicted octanol–water partition coefficient (Wildman–Crippen LogP) is 11.4. The van der Waals surface area contributed by atoms with E-state index in [2.05, 4.69) is 139 Å². The molecule has 240 valence electrons. The zero-order valence-electron chi connectivity index (χ0n) is 29.3. The van der Waals surface area contributed by atoms with E-state index < -0.39 is 0 Å². The van der Waals surface area contributed by atoms with Gasteiger partial charge in [-0.1, -0.05) is 91.0 Å². The molecule has 48 heavy (non-hydrogen) atoms. The molecule has 0 fully saturated rings. The molecule has 4 aromatic heterocycles. The molecule has 0 unspecified atom stereocenters. The summed E-state index contributed by atoms with van der Waals surface area (Å²) in [5, 5.41) is 10.2. The maximum Gasteiger partial charge on any atom is 0.0454 e. The van der Waals surface area contributed by atoms with E-state index in [0.717, 1.165) is 22.8 Å². The molecule has 0 bridgehead atoms. The first-order valence-corrected chi connectivity index (χ1v) is 16.4. The van der Waals surface area contributed by atoms with E-state index in [0.29, 0.717) is 0 Å². The standard InChI is InChI=1S/4C11H11N/c1-8-4-3-5-10-9(2)6-12-7-11(8)10;1-8-9(2)12-7-10-5-3-4-6-11(8)10;1-8-7-12-9(2)11-6-4-3-5-10(8)11;1-8-7-10-5-3-4-6-11(10)9(2)12-8/h4*3-7H,1-2H3. The van der Waals surface area contributed by atoms with Gasteiger partial charge in [0.25, 0.3) is 0 Å². The maximum atomic E-state index is 4.40. The molecule has 0 saturated carbocycles. The van der Waals surface area contributed by atoms with Gasteiger partial charge in [-0.3, -0.25) is 19.9 Å². The van der Waals surface area contributed by atoms with E-state index in [1.807, 2.05) is 57.7 Å². The van der Waals surface area contributed by atoms with Gasteiger partial charge in [-0.25, -0.2) is 0 Å². The highest BCUT2D eigenvalue weighted by Crippen LogP contribution is 2.21. The summed E-state index contributed by atoms with van der Waals surface area (Å²) in [6.45, 7) is 16.6. The van der Waals surface area contributed by atoms with Crippen LogP contribution in [0, 0.1) is 55.4 Å². The highest BCUT2D eigenvalue weighted by Gasteiger charge is 2.01. The number of pyridine rings is 4. The highest BCUT2D eigenvalue weighted by atomic mass is 14.7. The van der Waals surface area contributed by atoms with Gasteiger partial charge in [0.05, 0.1) is 0 Å². The molecule has 0 amide bonds. The third kappa shape index (κ3) is 7.90. The van der Waals surface area contributed by atoms with Gasteiger partial charge < -0.3 is 0 Å². The van der Waals surface area contributed by atoms with Crippen molar-refractivity contribution >= 4 is 43.1 Å². The molecule has 0 aliphatic rings. The van der Waals surface area contributed by atoms with Crippen molar-refractivity contribution < 1.29 is 0 Å². The van der Waals surface area contributed by atoms with Gasteiger partial charge in [0, 0.05) is 69.1 Å². The van der Waals surface area contributed by atoms with Crippen molar-refractivity contribution in [2.75, 3.05) is 0 Å². The van der Waals surface area contributed by atoms with Crippen molar-refractivity contribution in [1.29, 1.82) is 0 Å². The summed E-state index contributed by atoms with van der Waals surface area (Å²) in [6, 6.07) is 33.5. The minimum absolute atomic E-state index is 1.09. The zero-order chi connectivity index (χ0) is 34.2. The van der Waals surface area contributed by atoms with E-state index >= 15 is 0 Å². The summed E-state index contributed by atoms with van der Waals surface area (Å²) in [4.78, 5) is 17.2. The Morgan fingerprint density at radius 2 is 0.938 bits per heavy atom. The molecule has 4 aromatic carbocycles. The fourth-order valence-corrected chi connectivity index (χ4v) is 5.91. The van der Waals surface area contributed by atoms with Crippen LogP contribution in [0.1, 0.15) is 45.0 Å². The fraction of sp³-hybridized carbons (Fsp3) is 0.182. The lowest BCUT2D eigenvalue weighted by Crippen LogP contribution is -1.87. The summed E-state index contributed by atoms with van der Waals surface area (Å²) >= 11 is 0. The van der Waals surface area contributed by atoms with Gasteiger partial charge in [0.15, 0.2) is 0 Å². The monoisotopic (exact) mass is 628 g/mol. The van der Waals surface area contributed by atoms with Gasteiger partial charge in [0.2, 0.25) is 0 Å². The van der Waals surface area contributed by atoms with E-state index in [1.165, 1.54) is 65.3 Å². The normalized spacial score (nSPS) is 10.5. The Hall–Kier alpha value is -5.48. The van der Waals surface area contributed by atoms with Gasteiger partial charge in [-0.15, -0.1) is 0 Å². The van der Waals surface area contributed by atoms with Crippen molar-refractivity contribution in [1.82, 2.24) is 19.9 Å². The molecule has 8 aromatic rings. The molecule has 8 rings (SSSR count). The molecular weight excluding hydrogens is 585 g/mol. The third-order valence-corrected chi connectivity index (χ3v) is 8.78. The van der Waals surface area contributed by atoms with Gasteiger partial charge >= 0.3 is 0 Å². The zero-order valence-corrected chi connectivity index (χ0v) is 29.3. The van der Waals surface area contributed by atoms with E-state index in [9.17, 15) is 0 Å². The molecule has 0 N–H and O–H groups in total. The van der Waals surface area contributed by atoms with Crippen LogP contribution in [0.2, 0.25) is 0 Å². The molecular formula is C44H44N4. The Morgan fingerprint density at radius 3 is 1.65 bits per heavy atom. The minimum Gasteiger partial charge on any atom is -0.264 e. The largest absolute Gasteiger partial charge is 0.264 e. The number of rotatable bonds is 0. The second-order valence-corrected chi connectivity index (χ2v) is 12.3. The Morgan fingerprint density at radius 1 is 0.375 bits per heavy atom. The molecule has 0 aliphatic carbocycles. The number of benzene rings is 4. The first-order valence-electron chi connectivity index (χ1n) is 16.4. The second kappa shape index (κ2) is 15.4. The first-order chi connectivity index (χ1) is 23.1. The Balaban J connectivity index is 0.000000125. The molecule has 0 radical (unpaired) electrons. The predicted molar refractivity (Wildman–Crippen MR) is 205 cm³/mol. The molecule has 4 nitrogen and oxygen atoms in total. The van der Waals surface area contributed by atoms with Crippen LogP contribution in [0.3, 0.4) is 0 Å². The minimum atomic E-state index is 1.09. The Bertz CT molecular complexity index is 2210. The van der Waals surface area contributed by atoms with Crippen molar-refractivity contribution in [3.8, 4) is 0 Å². The lowest BCUT2D eigenvalue weighted by Gasteiger charge is -2.03. The number of fused-ring (bicyclic) bond motifs is 4. The smallest absolute Gasteiger partial charge is 0.0454 e. The van der Waals surface area contributed by atoms with Crippen molar-refractivity contribution in [3.63, 3.8) is 0 Å². The highest BCUT2D eigenvalue weighted by molar-refractivity contribution is 5.88. The number of aryl methyl sites for hydroxylation is 8. The summed E-state index contributed by atoms with van der Waals surface area (Å²) in [6.07, 6.45) is 7.69. The number of aromatic nitrogens is 4.